The van der Waals surface area contributed by atoms with E-state index in [1.807, 2.05) is 42.5 Å². The lowest BCUT2D eigenvalue weighted by Gasteiger charge is -2.14. The van der Waals surface area contributed by atoms with Gasteiger partial charge >= 0.3 is 0 Å². The van der Waals surface area contributed by atoms with E-state index in [2.05, 4.69) is 29.5 Å². The molecule has 20 heavy (non-hydrogen) atoms. The number of hydrogen-bond donors (Lipinski definition) is 1. The first-order valence-electron chi connectivity index (χ1n) is 6.55. The zero-order valence-electron chi connectivity index (χ0n) is 11.3. The molecule has 4 heteroatoms. The number of hydrogen-bond acceptors (Lipinski definition) is 2. The molecular formula is C16H17ClINO. The summed E-state index contributed by atoms with van der Waals surface area (Å²) in [5.74, 6) is 0.878. The monoisotopic (exact) mass is 401 g/mol. The molecule has 2 aromatic rings. The molecule has 0 aliphatic rings. The lowest BCUT2D eigenvalue weighted by atomic mass is 10.00. The molecule has 1 atom stereocenters. The number of rotatable bonds is 5. The summed E-state index contributed by atoms with van der Waals surface area (Å²) in [5, 5.41) is 0.737. The molecule has 0 saturated heterocycles. The summed E-state index contributed by atoms with van der Waals surface area (Å²) in [4.78, 5) is 0. The lowest BCUT2D eigenvalue weighted by Crippen LogP contribution is -2.11. The van der Waals surface area contributed by atoms with Crippen LogP contribution in [0.25, 0.3) is 0 Å². The third kappa shape index (κ3) is 3.87. The van der Waals surface area contributed by atoms with Crippen molar-refractivity contribution >= 4 is 34.2 Å². The van der Waals surface area contributed by atoms with Crippen molar-refractivity contribution in [1.82, 2.24) is 0 Å². The van der Waals surface area contributed by atoms with E-state index in [1.54, 1.807) is 0 Å². The Bertz CT molecular complexity index is 571. The largest absolute Gasteiger partial charge is 0.494 e. The van der Waals surface area contributed by atoms with Gasteiger partial charge in [-0.05, 0) is 64.4 Å². The molecule has 0 aromatic heterocycles. The molecule has 2 aromatic carbocycles. The Labute approximate surface area is 138 Å². The Balaban J connectivity index is 2.15. The van der Waals surface area contributed by atoms with E-state index in [0.29, 0.717) is 0 Å². The van der Waals surface area contributed by atoms with E-state index in [-0.39, 0.29) is 6.04 Å². The van der Waals surface area contributed by atoms with Crippen LogP contribution >= 0.6 is 34.2 Å². The van der Waals surface area contributed by atoms with Gasteiger partial charge in [-0.25, -0.2) is 0 Å². The molecule has 0 heterocycles. The predicted molar refractivity (Wildman–Crippen MR) is 92.4 cm³/mol. The van der Waals surface area contributed by atoms with Gasteiger partial charge in [0.15, 0.2) is 0 Å². The van der Waals surface area contributed by atoms with Crippen LogP contribution in [0.15, 0.2) is 42.5 Å². The average Bonchev–Trinajstić information content (AvgIpc) is 2.48. The van der Waals surface area contributed by atoms with Crippen molar-refractivity contribution in [2.24, 2.45) is 5.73 Å². The van der Waals surface area contributed by atoms with Crippen molar-refractivity contribution in [2.75, 3.05) is 6.61 Å². The summed E-state index contributed by atoms with van der Waals surface area (Å²) < 4.78 is 6.60. The van der Waals surface area contributed by atoms with E-state index >= 15 is 0 Å². The molecule has 0 aliphatic heterocycles. The van der Waals surface area contributed by atoms with Crippen LogP contribution in [0.4, 0.5) is 0 Å². The number of benzene rings is 2. The molecule has 0 spiro atoms. The van der Waals surface area contributed by atoms with E-state index in [1.165, 1.54) is 0 Å². The van der Waals surface area contributed by atoms with Gasteiger partial charge in [0.1, 0.15) is 5.75 Å². The molecule has 0 aliphatic carbocycles. The fraction of sp³-hybridized carbons (Fsp3) is 0.250. The van der Waals surface area contributed by atoms with Crippen LogP contribution in [0.2, 0.25) is 5.02 Å². The van der Waals surface area contributed by atoms with Gasteiger partial charge in [-0.2, -0.15) is 0 Å². The number of nitrogens with two attached hydrogens (primary N) is 1. The third-order valence-corrected chi connectivity index (χ3v) is 4.59. The van der Waals surface area contributed by atoms with Gasteiger partial charge in [0.2, 0.25) is 0 Å². The van der Waals surface area contributed by atoms with Crippen LogP contribution in [0.1, 0.15) is 30.5 Å². The quantitative estimate of drug-likeness (QED) is 0.732. The van der Waals surface area contributed by atoms with Crippen molar-refractivity contribution in [3.63, 3.8) is 0 Å². The second-order valence-corrected chi connectivity index (χ2v) is 6.14. The molecule has 2 rings (SSSR count). The number of halogens is 2. The molecule has 0 bridgehead atoms. The van der Waals surface area contributed by atoms with Gasteiger partial charge in [-0.1, -0.05) is 36.7 Å². The first kappa shape index (κ1) is 15.6. The second kappa shape index (κ2) is 7.29. The molecule has 2 N–H and O–H groups in total. The highest BCUT2D eigenvalue weighted by Gasteiger charge is 2.10. The smallest absolute Gasteiger partial charge is 0.119 e. The third-order valence-electron chi connectivity index (χ3n) is 3.01. The molecule has 0 fully saturated rings. The SMILES string of the molecule is CCCOc1ccc(C(N)c2ccc(I)c(Cl)c2)cc1. The van der Waals surface area contributed by atoms with Crippen LogP contribution in [0.3, 0.4) is 0 Å². The molecule has 0 radical (unpaired) electrons. The summed E-state index contributed by atoms with van der Waals surface area (Å²) >= 11 is 8.35. The topological polar surface area (TPSA) is 35.2 Å². The van der Waals surface area contributed by atoms with Crippen molar-refractivity contribution in [1.29, 1.82) is 0 Å². The molecular weight excluding hydrogens is 385 g/mol. The lowest BCUT2D eigenvalue weighted by molar-refractivity contribution is 0.317. The van der Waals surface area contributed by atoms with Crippen LogP contribution in [-0.4, -0.2) is 6.61 Å². The van der Waals surface area contributed by atoms with Crippen LogP contribution in [-0.2, 0) is 0 Å². The van der Waals surface area contributed by atoms with E-state index in [9.17, 15) is 0 Å². The minimum Gasteiger partial charge on any atom is -0.494 e. The Kier molecular flexibility index (Phi) is 5.69. The van der Waals surface area contributed by atoms with E-state index < -0.39 is 0 Å². The van der Waals surface area contributed by atoms with Crippen molar-refractivity contribution in [3.05, 3.63) is 62.2 Å². The zero-order chi connectivity index (χ0) is 14.5. The van der Waals surface area contributed by atoms with Crippen molar-refractivity contribution in [3.8, 4) is 5.75 Å². The van der Waals surface area contributed by atoms with Crippen LogP contribution < -0.4 is 10.5 Å². The van der Waals surface area contributed by atoms with E-state index in [0.717, 1.165) is 38.5 Å². The minimum atomic E-state index is -0.176. The standard InChI is InChI=1S/C16H17ClINO/c1-2-9-20-13-6-3-11(4-7-13)16(19)12-5-8-15(18)14(17)10-12/h3-8,10,16H,2,9,19H2,1H3. The van der Waals surface area contributed by atoms with Gasteiger partial charge in [-0.15, -0.1) is 0 Å². The molecule has 1 unspecified atom stereocenters. The van der Waals surface area contributed by atoms with Gasteiger partial charge in [0.05, 0.1) is 17.7 Å². The minimum absolute atomic E-state index is 0.176. The highest BCUT2D eigenvalue weighted by molar-refractivity contribution is 14.1. The molecule has 106 valence electrons. The number of ether oxygens (including phenoxy) is 1. The van der Waals surface area contributed by atoms with Gasteiger partial charge in [0, 0.05) is 3.57 Å². The summed E-state index contributed by atoms with van der Waals surface area (Å²) in [6.45, 7) is 2.82. The first-order chi connectivity index (χ1) is 9.61. The Hall–Kier alpha value is -0.780. The normalized spacial score (nSPS) is 12.2. The predicted octanol–water partition coefficient (Wildman–Crippen LogP) is 4.78. The summed E-state index contributed by atoms with van der Waals surface area (Å²) in [7, 11) is 0. The van der Waals surface area contributed by atoms with Gasteiger partial charge in [-0.3, -0.25) is 0 Å². The van der Waals surface area contributed by atoms with Crippen LogP contribution in [0.5, 0.6) is 5.75 Å². The summed E-state index contributed by atoms with van der Waals surface area (Å²) in [5.41, 5.74) is 8.34. The second-order valence-electron chi connectivity index (χ2n) is 4.57. The Morgan fingerprint density at radius 3 is 2.40 bits per heavy atom. The van der Waals surface area contributed by atoms with Crippen molar-refractivity contribution in [2.45, 2.75) is 19.4 Å². The maximum Gasteiger partial charge on any atom is 0.119 e. The van der Waals surface area contributed by atoms with Gasteiger partial charge < -0.3 is 10.5 Å². The Morgan fingerprint density at radius 2 is 1.80 bits per heavy atom. The highest BCUT2D eigenvalue weighted by Crippen LogP contribution is 2.26. The molecule has 2 nitrogen and oxygen atoms in total. The molecule has 0 saturated carbocycles. The fourth-order valence-electron chi connectivity index (χ4n) is 1.89. The maximum atomic E-state index is 6.28. The average molecular weight is 402 g/mol. The zero-order valence-corrected chi connectivity index (χ0v) is 14.2. The Morgan fingerprint density at radius 1 is 1.15 bits per heavy atom. The van der Waals surface area contributed by atoms with E-state index in [4.69, 9.17) is 22.1 Å². The summed E-state index contributed by atoms with van der Waals surface area (Å²) in [6.07, 6.45) is 1.00. The fourth-order valence-corrected chi connectivity index (χ4v) is 2.41. The first-order valence-corrected chi connectivity index (χ1v) is 8.00. The molecule has 0 amide bonds. The van der Waals surface area contributed by atoms with Gasteiger partial charge in [0.25, 0.3) is 0 Å². The van der Waals surface area contributed by atoms with Crippen molar-refractivity contribution < 1.29 is 4.74 Å². The maximum absolute atomic E-state index is 6.28. The highest BCUT2D eigenvalue weighted by atomic mass is 127. The summed E-state index contributed by atoms with van der Waals surface area (Å²) in [6, 6.07) is 13.7. The van der Waals surface area contributed by atoms with Crippen LogP contribution in [0, 0.1) is 3.57 Å².